The first-order valence-electron chi connectivity index (χ1n) is 9.29. The van der Waals surface area contributed by atoms with Gasteiger partial charge in [0.2, 0.25) is 0 Å². The van der Waals surface area contributed by atoms with Gasteiger partial charge in [-0.25, -0.2) is 4.98 Å². The van der Waals surface area contributed by atoms with Crippen LogP contribution in [-0.2, 0) is 10.9 Å². The Kier molecular flexibility index (Phi) is 11.3. The van der Waals surface area contributed by atoms with Gasteiger partial charge in [0.1, 0.15) is 5.82 Å². The van der Waals surface area contributed by atoms with Crippen LogP contribution in [0.1, 0.15) is 31.2 Å². The van der Waals surface area contributed by atoms with Gasteiger partial charge in [0.05, 0.1) is 10.6 Å². The molecular formula is C18H28ClF3IN5O. The second kappa shape index (κ2) is 12.6. The van der Waals surface area contributed by atoms with E-state index < -0.39 is 11.7 Å². The largest absolute Gasteiger partial charge is 0.417 e. The maximum Gasteiger partial charge on any atom is 0.417 e. The molecule has 1 saturated heterocycles. The van der Waals surface area contributed by atoms with E-state index in [1.807, 2.05) is 4.90 Å². The summed E-state index contributed by atoms with van der Waals surface area (Å²) in [4.78, 5) is 10.0. The molecule has 1 unspecified atom stereocenters. The van der Waals surface area contributed by atoms with Crippen LogP contribution in [-0.4, -0.2) is 57.4 Å². The number of nitrogens with zero attached hydrogens (tertiary/aromatic N) is 3. The number of aliphatic imine (C=N–C) groups is 1. The van der Waals surface area contributed by atoms with Gasteiger partial charge in [0.15, 0.2) is 5.96 Å². The summed E-state index contributed by atoms with van der Waals surface area (Å²) >= 11 is 6.05. The lowest BCUT2D eigenvalue weighted by molar-refractivity contribution is -0.137. The average molecular weight is 550 g/mol. The van der Waals surface area contributed by atoms with Crippen LogP contribution in [0.4, 0.5) is 19.0 Å². The van der Waals surface area contributed by atoms with Crippen molar-refractivity contribution in [1.82, 2.24) is 15.6 Å². The Balaban J connectivity index is 0.00000420. The molecule has 6 nitrogen and oxygen atoms in total. The standard InChI is InChI=1S/C18H27ClF3N5O.HI/c1-23-17(24-7-4-3-5-9-28-2)26-14-6-8-27(12-14)16-15(19)10-13(11-25-16)18(20,21)22;/h10-11,14H,3-9,12H2,1-2H3,(H2,23,24,26);1H. The van der Waals surface area contributed by atoms with E-state index in [4.69, 9.17) is 16.3 Å². The molecule has 1 fully saturated rings. The van der Waals surface area contributed by atoms with Gasteiger partial charge in [-0.2, -0.15) is 13.2 Å². The Labute approximate surface area is 191 Å². The van der Waals surface area contributed by atoms with Crippen LogP contribution >= 0.6 is 35.6 Å². The number of halogens is 5. The summed E-state index contributed by atoms with van der Waals surface area (Å²) in [5, 5.41) is 6.63. The molecule has 2 N–H and O–H groups in total. The summed E-state index contributed by atoms with van der Waals surface area (Å²) in [6.45, 7) is 2.83. The molecular weight excluding hydrogens is 522 g/mol. The van der Waals surface area contributed by atoms with Gasteiger partial charge in [0.25, 0.3) is 0 Å². The molecule has 1 aliphatic heterocycles. The van der Waals surface area contributed by atoms with Crippen molar-refractivity contribution in [3.63, 3.8) is 0 Å². The molecule has 1 aromatic heterocycles. The van der Waals surface area contributed by atoms with E-state index in [2.05, 4.69) is 20.6 Å². The van der Waals surface area contributed by atoms with E-state index in [9.17, 15) is 13.2 Å². The number of unbranched alkanes of at least 4 members (excludes halogenated alkanes) is 2. The molecule has 0 bridgehead atoms. The maximum absolute atomic E-state index is 12.8. The number of hydrogen-bond donors (Lipinski definition) is 2. The number of rotatable bonds is 8. The fourth-order valence-electron chi connectivity index (χ4n) is 3.03. The first-order chi connectivity index (χ1) is 13.3. The van der Waals surface area contributed by atoms with Gasteiger partial charge in [-0.15, -0.1) is 24.0 Å². The highest BCUT2D eigenvalue weighted by Gasteiger charge is 2.33. The van der Waals surface area contributed by atoms with E-state index in [1.54, 1.807) is 14.2 Å². The van der Waals surface area contributed by atoms with E-state index in [0.29, 0.717) is 24.9 Å². The van der Waals surface area contributed by atoms with E-state index in [-0.39, 0.29) is 35.0 Å². The Morgan fingerprint density at radius 2 is 2.14 bits per heavy atom. The van der Waals surface area contributed by atoms with Crippen LogP contribution < -0.4 is 15.5 Å². The third-order valence-electron chi connectivity index (χ3n) is 4.52. The number of alkyl halides is 3. The van der Waals surface area contributed by atoms with Crippen molar-refractivity contribution in [1.29, 1.82) is 0 Å². The van der Waals surface area contributed by atoms with Gasteiger partial charge >= 0.3 is 6.18 Å². The molecule has 11 heteroatoms. The van der Waals surface area contributed by atoms with Crippen molar-refractivity contribution in [3.05, 3.63) is 22.8 Å². The third-order valence-corrected chi connectivity index (χ3v) is 4.80. The number of anilines is 1. The maximum atomic E-state index is 12.8. The number of hydrogen-bond acceptors (Lipinski definition) is 4. The van der Waals surface area contributed by atoms with Crippen LogP contribution in [0.2, 0.25) is 5.02 Å². The molecule has 2 rings (SSSR count). The topological polar surface area (TPSA) is 61.8 Å². The Hall–Kier alpha value is -1.01. The number of guanidine groups is 1. The molecule has 0 aliphatic carbocycles. The number of ether oxygens (including phenoxy) is 1. The predicted molar refractivity (Wildman–Crippen MR) is 121 cm³/mol. The monoisotopic (exact) mass is 549 g/mol. The number of pyridine rings is 1. The summed E-state index contributed by atoms with van der Waals surface area (Å²) in [6, 6.07) is 1.04. The summed E-state index contributed by atoms with van der Waals surface area (Å²) in [5.41, 5.74) is -0.842. The summed E-state index contributed by atoms with van der Waals surface area (Å²) in [6.07, 6.45) is 0.313. The van der Waals surface area contributed by atoms with Crippen LogP contribution in [0.3, 0.4) is 0 Å². The highest BCUT2D eigenvalue weighted by atomic mass is 127. The second-order valence-electron chi connectivity index (χ2n) is 6.66. The molecule has 0 saturated carbocycles. The van der Waals surface area contributed by atoms with Crippen molar-refractivity contribution in [2.75, 3.05) is 45.3 Å². The van der Waals surface area contributed by atoms with Crippen LogP contribution in [0, 0.1) is 0 Å². The fraction of sp³-hybridized carbons (Fsp3) is 0.667. The highest BCUT2D eigenvalue weighted by Crippen LogP contribution is 2.34. The molecule has 2 heterocycles. The predicted octanol–water partition coefficient (Wildman–Crippen LogP) is 3.93. The van der Waals surface area contributed by atoms with Gasteiger partial charge in [0, 0.05) is 52.6 Å². The van der Waals surface area contributed by atoms with Crippen molar-refractivity contribution in [3.8, 4) is 0 Å². The fourth-order valence-corrected chi connectivity index (χ4v) is 3.32. The molecule has 1 aromatic rings. The molecule has 1 aliphatic rings. The lowest BCUT2D eigenvalue weighted by atomic mass is 10.2. The minimum atomic E-state index is -4.45. The normalized spacial score (nSPS) is 17.2. The third kappa shape index (κ3) is 8.33. The minimum absolute atomic E-state index is 0. The smallest absolute Gasteiger partial charge is 0.385 e. The second-order valence-corrected chi connectivity index (χ2v) is 7.06. The van der Waals surface area contributed by atoms with Gasteiger partial charge in [-0.3, -0.25) is 4.99 Å². The van der Waals surface area contributed by atoms with E-state index in [0.717, 1.165) is 51.1 Å². The molecule has 0 radical (unpaired) electrons. The van der Waals surface area contributed by atoms with Gasteiger partial charge < -0.3 is 20.3 Å². The quantitative estimate of drug-likeness (QED) is 0.223. The number of methoxy groups -OCH3 is 1. The van der Waals surface area contributed by atoms with Crippen molar-refractivity contribution in [2.45, 2.75) is 37.9 Å². The zero-order chi connectivity index (χ0) is 20.6. The molecule has 0 amide bonds. The lowest BCUT2D eigenvalue weighted by Gasteiger charge is -2.21. The first kappa shape index (κ1) is 26.0. The number of aromatic nitrogens is 1. The summed E-state index contributed by atoms with van der Waals surface area (Å²) < 4.78 is 43.3. The molecule has 0 spiro atoms. The summed E-state index contributed by atoms with van der Waals surface area (Å²) in [5.74, 6) is 1.09. The zero-order valence-corrected chi connectivity index (χ0v) is 19.6. The Bertz CT molecular complexity index is 663. The highest BCUT2D eigenvalue weighted by molar-refractivity contribution is 14.0. The minimum Gasteiger partial charge on any atom is -0.385 e. The van der Waals surface area contributed by atoms with Crippen LogP contribution in [0.25, 0.3) is 0 Å². The SMILES string of the molecule is CN=C(NCCCCCOC)NC1CCN(c2ncc(C(F)(F)F)cc2Cl)C1.I. The molecule has 0 aromatic carbocycles. The summed E-state index contributed by atoms with van der Waals surface area (Å²) in [7, 11) is 3.41. The van der Waals surface area contributed by atoms with Crippen molar-refractivity contribution < 1.29 is 17.9 Å². The van der Waals surface area contributed by atoms with E-state index >= 15 is 0 Å². The Morgan fingerprint density at radius 1 is 1.38 bits per heavy atom. The zero-order valence-electron chi connectivity index (χ0n) is 16.6. The average Bonchev–Trinajstić information content (AvgIpc) is 3.11. The van der Waals surface area contributed by atoms with Gasteiger partial charge in [-0.05, 0) is 31.7 Å². The van der Waals surface area contributed by atoms with Crippen molar-refractivity contribution >= 4 is 47.4 Å². The van der Waals surface area contributed by atoms with Crippen LogP contribution in [0.15, 0.2) is 17.3 Å². The van der Waals surface area contributed by atoms with Crippen LogP contribution in [0.5, 0.6) is 0 Å². The van der Waals surface area contributed by atoms with Gasteiger partial charge in [-0.1, -0.05) is 11.6 Å². The molecule has 29 heavy (non-hydrogen) atoms. The molecule has 1 atom stereocenters. The van der Waals surface area contributed by atoms with E-state index in [1.165, 1.54) is 0 Å². The number of nitrogens with one attached hydrogen (secondary N) is 2. The van der Waals surface area contributed by atoms with Crippen molar-refractivity contribution in [2.24, 2.45) is 4.99 Å². The lowest BCUT2D eigenvalue weighted by Crippen LogP contribution is -2.44. The first-order valence-corrected chi connectivity index (χ1v) is 9.66. The Morgan fingerprint density at radius 3 is 2.76 bits per heavy atom. The molecule has 166 valence electrons.